The fourth-order valence-corrected chi connectivity index (χ4v) is 2.21. The molecular weight excluding hydrogens is 232 g/mol. The van der Waals surface area contributed by atoms with E-state index in [0.717, 1.165) is 12.8 Å². The lowest BCUT2D eigenvalue weighted by atomic mass is 10.00. The van der Waals surface area contributed by atoms with Gasteiger partial charge in [0.1, 0.15) is 5.60 Å². The Balaban J connectivity index is 2.46. The first-order valence-electron chi connectivity index (χ1n) is 6.19. The average Bonchev–Trinajstić information content (AvgIpc) is 2.76. The van der Waals surface area contributed by atoms with Gasteiger partial charge in [0.25, 0.3) is 0 Å². The van der Waals surface area contributed by atoms with Crippen molar-refractivity contribution in [3.63, 3.8) is 0 Å². The van der Waals surface area contributed by atoms with E-state index >= 15 is 0 Å². The van der Waals surface area contributed by atoms with Crippen molar-refractivity contribution >= 4 is 5.97 Å². The minimum absolute atomic E-state index is 0.0443. The Bertz CT molecular complexity index is 465. The summed E-state index contributed by atoms with van der Waals surface area (Å²) in [5, 5.41) is 9.12. The maximum Gasteiger partial charge on any atom is 0.339 e. The summed E-state index contributed by atoms with van der Waals surface area (Å²) >= 11 is 0. The lowest BCUT2D eigenvalue weighted by Crippen LogP contribution is -2.25. The number of hydrogen-bond acceptors (Lipinski definition) is 4. The lowest BCUT2D eigenvalue weighted by molar-refractivity contribution is 0.00899. The Kier molecular flexibility index (Phi) is 3.34. The number of carboxylic acid groups (broad SMARTS) is 1. The molecule has 1 saturated heterocycles. The molecule has 1 aromatic heterocycles. The molecule has 5 heteroatoms. The Morgan fingerprint density at radius 1 is 1.56 bits per heavy atom. The normalized spacial score (nSPS) is 23.6. The van der Waals surface area contributed by atoms with E-state index in [0.29, 0.717) is 18.1 Å². The average molecular weight is 250 g/mol. The van der Waals surface area contributed by atoms with E-state index in [9.17, 15) is 4.79 Å². The lowest BCUT2D eigenvalue weighted by Gasteiger charge is -2.22. The summed E-state index contributed by atoms with van der Waals surface area (Å²) in [6.45, 7) is 6.52. The molecule has 18 heavy (non-hydrogen) atoms. The van der Waals surface area contributed by atoms with Crippen LogP contribution in [0.1, 0.15) is 61.4 Å². The second-order valence-corrected chi connectivity index (χ2v) is 5.14. The zero-order valence-electron chi connectivity index (χ0n) is 10.9. The third-order valence-electron chi connectivity index (χ3n) is 3.29. The van der Waals surface area contributed by atoms with Crippen LogP contribution in [0, 0.1) is 0 Å². The topological polar surface area (TPSA) is 72.3 Å². The van der Waals surface area contributed by atoms with Gasteiger partial charge in [0.05, 0.1) is 11.3 Å². The Hall–Kier alpha value is -1.49. The van der Waals surface area contributed by atoms with Gasteiger partial charge in [-0.25, -0.2) is 14.8 Å². The predicted octanol–water partition coefficient (Wildman–Crippen LogP) is 2.32. The molecule has 0 bridgehead atoms. The quantitative estimate of drug-likeness (QED) is 0.891. The molecule has 0 amide bonds. The molecule has 1 unspecified atom stereocenters. The Labute approximate surface area is 106 Å². The number of aromatic nitrogens is 2. The molecule has 1 aliphatic heterocycles. The molecule has 1 atom stereocenters. The van der Waals surface area contributed by atoms with Crippen molar-refractivity contribution in [3.05, 3.63) is 23.3 Å². The van der Waals surface area contributed by atoms with Crippen LogP contribution in [-0.4, -0.2) is 27.7 Å². The zero-order chi connectivity index (χ0) is 13.3. The van der Waals surface area contributed by atoms with Crippen molar-refractivity contribution in [2.24, 2.45) is 0 Å². The standard InChI is InChI=1S/C13H18N2O3/c1-8(2)10-9(11(16)17)7-14-12(15-10)13(3)5-4-6-18-13/h7-8H,4-6H2,1-3H3,(H,16,17). The number of ether oxygens (including phenoxy) is 1. The third kappa shape index (κ3) is 2.22. The summed E-state index contributed by atoms with van der Waals surface area (Å²) in [5.41, 5.74) is 0.278. The van der Waals surface area contributed by atoms with Gasteiger partial charge in [0.15, 0.2) is 5.82 Å². The zero-order valence-corrected chi connectivity index (χ0v) is 10.9. The number of rotatable bonds is 3. The highest BCUT2D eigenvalue weighted by atomic mass is 16.5. The first-order valence-corrected chi connectivity index (χ1v) is 6.19. The van der Waals surface area contributed by atoms with Crippen LogP contribution < -0.4 is 0 Å². The van der Waals surface area contributed by atoms with Gasteiger partial charge in [-0.2, -0.15) is 0 Å². The molecule has 5 nitrogen and oxygen atoms in total. The number of carbonyl (C=O) groups is 1. The van der Waals surface area contributed by atoms with Crippen molar-refractivity contribution in [3.8, 4) is 0 Å². The van der Waals surface area contributed by atoms with Crippen LogP contribution in [0.5, 0.6) is 0 Å². The molecule has 2 heterocycles. The van der Waals surface area contributed by atoms with Gasteiger partial charge in [0, 0.05) is 12.8 Å². The molecule has 98 valence electrons. The van der Waals surface area contributed by atoms with Gasteiger partial charge < -0.3 is 9.84 Å². The molecule has 1 aromatic rings. The van der Waals surface area contributed by atoms with Gasteiger partial charge in [0.2, 0.25) is 0 Å². The summed E-state index contributed by atoms with van der Waals surface area (Å²) in [6.07, 6.45) is 3.25. The summed E-state index contributed by atoms with van der Waals surface area (Å²) < 4.78 is 5.69. The van der Waals surface area contributed by atoms with Gasteiger partial charge in [-0.3, -0.25) is 0 Å². The predicted molar refractivity (Wildman–Crippen MR) is 65.6 cm³/mol. The fourth-order valence-electron chi connectivity index (χ4n) is 2.21. The molecule has 0 aliphatic carbocycles. The highest BCUT2D eigenvalue weighted by Crippen LogP contribution is 2.34. The molecular formula is C13H18N2O3. The van der Waals surface area contributed by atoms with Crippen molar-refractivity contribution in [2.75, 3.05) is 6.61 Å². The molecule has 1 aliphatic rings. The van der Waals surface area contributed by atoms with E-state index in [1.54, 1.807) is 0 Å². The second-order valence-electron chi connectivity index (χ2n) is 5.14. The molecule has 1 fully saturated rings. The summed E-state index contributed by atoms with van der Waals surface area (Å²) in [7, 11) is 0. The van der Waals surface area contributed by atoms with Gasteiger partial charge in [-0.1, -0.05) is 13.8 Å². The SMILES string of the molecule is CC(C)c1nc(C2(C)CCCO2)ncc1C(=O)O. The molecule has 0 saturated carbocycles. The fraction of sp³-hybridized carbons (Fsp3) is 0.615. The van der Waals surface area contributed by atoms with Gasteiger partial charge in [-0.05, 0) is 25.7 Å². The van der Waals surface area contributed by atoms with E-state index in [1.165, 1.54) is 6.20 Å². The molecule has 0 radical (unpaired) electrons. The van der Waals surface area contributed by atoms with Crippen molar-refractivity contribution in [2.45, 2.75) is 45.1 Å². The number of aromatic carboxylic acids is 1. The summed E-state index contributed by atoms with van der Waals surface area (Å²) in [6, 6.07) is 0. The van der Waals surface area contributed by atoms with Crippen LogP contribution in [0.2, 0.25) is 0 Å². The van der Waals surface area contributed by atoms with Gasteiger partial charge in [-0.15, -0.1) is 0 Å². The van der Waals surface area contributed by atoms with Crippen molar-refractivity contribution in [1.29, 1.82) is 0 Å². The summed E-state index contributed by atoms with van der Waals surface area (Å²) in [4.78, 5) is 19.7. The van der Waals surface area contributed by atoms with E-state index in [2.05, 4.69) is 9.97 Å². The van der Waals surface area contributed by atoms with E-state index in [4.69, 9.17) is 9.84 Å². The maximum atomic E-state index is 11.1. The largest absolute Gasteiger partial charge is 0.478 e. The van der Waals surface area contributed by atoms with E-state index in [1.807, 2.05) is 20.8 Å². The third-order valence-corrected chi connectivity index (χ3v) is 3.29. The molecule has 1 N–H and O–H groups in total. The van der Waals surface area contributed by atoms with Crippen LogP contribution in [0.25, 0.3) is 0 Å². The highest BCUT2D eigenvalue weighted by Gasteiger charge is 2.35. The highest BCUT2D eigenvalue weighted by molar-refractivity contribution is 5.88. The number of hydrogen-bond donors (Lipinski definition) is 1. The van der Waals surface area contributed by atoms with Crippen LogP contribution in [0.3, 0.4) is 0 Å². The van der Waals surface area contributed by atoms with Crippen LogP contribution in [0.15, 0.2) is 6.20 Å². The minimum Gasteiger partial charge on any atom is -0.478 e. The second kappa shape index (κ2) is 4.65. The monoisotopic (exact) mass is 250 g/mol. The van der Waals surface area contributed by atoms with Gasteiger partial charge >= 0.3 is 5.97 Å². The van der Waals surface area contributed by atoms with Crippen molar-refractivity contribution < 1.29 is 14.6 Å². The van der Waals surface area contributed by atoms with E-state index in [-0.39, 0.29) is 11.5 Å². The Morgan fingerprint density at radius 2 is 2.28 bits per heavy atom. The number of nitrogens with zero attached hydrogens (tertiary/aromatic N) is 2. The molecule has 0 aromatic carbocycles. The molecule has 2 rings (SSSR count). The van der Waals surface area contributed by atoms with Crippen molar-refractivity contribution in [1.82, 2.24) is 9.97 Å². The maximum absolute atomic E-state index is 11.1. The van der Waals surface area contributed by atoms with E-state index < -0.39 is 11.6 Å². The Morgan fingerprint density at radius 3 is 2.78 bits per heavy atom. The van der Waals surface area contributed by atoms with Crippen LogP contribution in [-0.2, 0) is 10.3 Å². The first-order chi connectivity index (χ1) is 8.44. The molecule has 0 spiro atoms. The van der Waals surface area contributed by atoms with Crippen LogP contribution in [0.4, 0.5) is 0 Å². The first kappa shape index (κ1) is 13.0. The van der Waals surface area contributed by atoms with Crippen LogP contribution >= 0.6 is 0 Å². The minimum atomic E-state index is -0.984. The number of carboxylic acids is 1. The smallest absolute Gasteiger partial charge is 0.339 e. The summed E-state index contributed by atoms with van der Waals surface area (Å²) in [5.74, 6) is -0.348.